The largest absolute Gasteiger partial charge is 0.481 e. The van der Waals surface area contributed by atoms with Crippen molar-refractivity contribution < 1.29 is 29.3 Å². The molecule has 0 aliphatic carbocycles. The number of piperidine rings is 1. The van der Waals surface area contributed by atoms with Crippen molar-refractivity contribution in [1.29, 1.82) is 0 Å². The van der Waals surface area contributed by atoms with Crippen LogP contribution in [0.15, 0.2) is 0 Å². The van der Waals surface area contributed by atoms with E-state index in [4.69, 9.17) is 24.5 Å². The average Bonchev–Trinajstić information content (AvgIpc) is 3.11. The molecule has 2 aliphatic heterocycles. The second kappa shape index (κ2) is 14.3. The van der Waals surface area contributed by atoms with Gasteiger partial charge in [-0.15, -0.1) is 0 Å². The third-order valence-corrected chi connectivity index (χ3v) is 4.95. The highest BCUT2D eigenvalue weighted by Gasteiger charge is 2.35. The Morgan fingerprint density at radius 1 is 1.10 bits per heavy atom. The van der Waals surface area contributed by atoms with Crippen LogP contribution in [0.2, 0.25) is 0 Å². The van der Waals surface area contributed by atoms with Crippen molar-refractivity contribution >= 4 is 17.8 Å². The molecule has 0 unspecified atom stereocenters. The van der Waals surface area contributed by atoms with Crippen LogP contribution >= 0.6 is 0 Å². The van der Waals surface area contributed by atoms with Crippen molar-refractivity contribution in [3.8, 4) is 0 Å². The lowest BCUT2D eigenvalue weighted by atomic mass is 10.0. The number of nitrogens with one attached hydrogen (secondary N) is 2. The van der Waals surface area contributed by atoms with Gasteiger partial charge in [0.2, 0.25) is 5.91 Å². The predicted octanol–water partition coefficient (Wildman–Crippen LogP) is 1.32. The van der Waals surface area contributed by atoms with E-state index in [0.29, 0.717) is 12.6 Å². The Morgan fingerprint density at radius 2 is 1.62 bits per heavy atom. The van der Waals surface area contributed by atoms with Crippen LogP contribution in [0.3, 0.4) is 0 Å². The van der Waals surface area contributed by atoms with E-state index < -0.39 is 11.9 Å². The van der Waals surface area contributed by atoms with Crippen LogP contribution in [0.25, 0.3) is 0 Å². The summed E-state index contributed by atoms with van der Waals surface area (Å²) in [6, 6.07) is 0.665. The van der Waals surface area contributed by atoms with Crippen LogP contribution in [-0.2, 0) is 19.1 Å². The summed E-state index contributed by atoms with van der Waals surface area (Å²) in [5.41, 5.74) is -0.169. The quantitative estimate of drug-likeness (QED) is 0.509. The van der Waals surface area contributed by atoms with Crippen LogP contribution < -0.4 is 10.6 Å². The maximum atomic E-state index is 12.5. The minimum atomic E-state index is -0.833. The van der Waals surface area contributed by atoms with Crippen LogP contribution in [0.5, 0.6) is 0 Å². The van der Waals surface area contributed by atoms with E-state index in [1.54, 1.807) is 7.11 Å². The molecule has 0 aromatic carbocycles. The molecule has 0 bridgehead atoms. The first-order valence-corrected chi connectivity index (χ1v) is 10.2. The first kappa shape index (κ1) is 27.3. The standard InChI is InChI=1S/C16H31N3O2.2C2H4O2/c1-16(2,21-3)8-11-18-15(20)14-5-4-12-19(14)13-6-9-17-10-7-13;2*1-2(3)4/h13-14,17H,4-12H2,1-3H3,(H,18,20);2*1H3,(H,3,4)/t14-;;/m0../s1. The lowest BCUT2D eigenvalue weighted by Gasteiger charge is -2.35. The number of ether oxygens (including phenoxy) is 1. The Morgan fingerprint density at radius 3 is 2.10 bits per heavy atom. The van der Waals surface area contributed by atoms with Crippen molar-refractivity contribution in [3.05, 3.63) is 0 Å². The van der Waals surface area contributed by atoms with E-state index >= 15 is 0 Å². The molecule has 29 heavy (non-hydrogen) atoms. The molecule has 0 saturated carbocycles. The first-order valence-electron chi connectivity index (χ1n) is 10.2. The van der Waals surface area contributed by atoms with E-state index in [1.165, 1.54) is 12.8 Å². The molecule has 2 heterocycles. The zero-order chi connectivity index (χ0) is 22.4. The monoisotopic (exact) mass is 417 g/mol. The molecular formula is C20H39N3O6. The molecule has 1 atom stereocenters. The van der Waals surface area contributed by atoms with Crippen molar-refractivity contribution in [3.63, 3.8) is 0 Å². The minimum Gasteiger partial charge on any atom is -0.481 e. The fraction of sp³-hybridized carbons (Fsp3) is 0.850. The number of carbonyl (C=O) groups excluding carboxylic acids is 1. The third kappa shape index (κ3) is 13.2. The summed E-state index contributed by atoms with van der Waals surface area (Å²) >= 11 is 0. The van der Waals surface area contributed by atoms with E-state index in [2.05, 4.69) is 29.4 Å². The van der Waals surface area contributed by atoms with Gasteiger partial charge in [-0.3, -0.25) is 19.3 Å². The van der Waals surface area contributed by atoms with E-state index in [9.17, 15) is 4.79 Å². The molecule has 2 fully saturated rings. The van der Waals surface area contributed by atoms with Crippen molar-refractivity contribution in [2.45, 2.75) is 77.5 Å². The summed E-state index contributed by atoms with van der Waals surface area (Å²) in [7, 11) is 1.72. The summed E-state index contributed by atoms with van der Waals surface area (Å²) < 4.78 is 5.39. The number of carboxylic acids is 2. The topological polar surface area (TPSA) is 128 Å². The molecule has 0 radical (unpaired) electrons. The number of aliphatic carboxylic acids is 2. The highest BCUT2D eigenvalue weighted by atomic mass is 16.5. The summed E-state index contributed by atoms with van der Waals surface area (Å²) in [5, 5.41) is 21.3. The Bertz CT molecular complexity index is 486. The molecule has 4 N–H and O–H groups in total. The highest BCUT2D eigenvalue weighted by Crippen LogP contribution is 2.24. The lowest BCUT2D eigenvalue weighted by Crippen LogP contribution is -2.51. The Balaban J connectivity index is 0.000000837. The summed E-state index contributed by atoms with van der Waals surface area (Å²) in [5.74, 6) is -1.46. The fourth-order valence-corrected chi connectivity index (χ4v) is 3.35. The molecule has 9 heteroatoms. The number of amides is 1. The Hall–Kier alpha value is -1.71. The predicted molar refractivity (Wildman–Crippen MR) is 111 cm³/mol. The molecule has 2 aliphatic rings. The fourth-order valence-electron chi connectivity index (χ4n) is 3.35. The molecule has 0 aromatic heterocycles. The number of carboxylic acid groups (broad SMARTS) is 2. The number of hydrogen-bond donors (Lipinski definition) is 4. The number of nitrogens with zero attached hydrogens (tertiary/aromatic N) is 1. The third-order valence-electron chi connectivity index (χ3n) is 4.95. The summed E-state index contributed by atoms with van der Waals surface area (Å²) in [4.78, 5) is 32.9. The number of methoxy groups -OCH3 is 1. The van der Waals surface area contributed by atoms with Crippen LogP contribution in [-0.4, -0.2) is 83.9 Å². The molecule has 2 saturated heterocycles. The van der Waals surface area contributed by atoms with Gasteiger partial charge in [-0.05, 0) is 65.6 Å². The molecular weight excluding hydrogens is 378 g/mol. The van der Waals surface area contributed by atoms with Gasteiger partial charge in [0.05, 0.1) is 11.6 Å². The maximum Gasteiger partial charge on any atom is 0.300 e. The van der Waals surface area contributed by atoms with Gasteiger partial charge in [-0.1, -0.05) is 0 Å². The molecule has 2 rings (SSSR count). The Labute approximate surface area is 174 Å². The van der Waals surface area contributed by atoms with Gasteiger partial charge in [0.25, 0.3) is 11.9 Å². The number of carbonyl (C=O) groups is 3. The normalized spacial score (nSPS) is 20.0. The van der Waals surface area contributed by atoms with Gasteiger partial charge < -0.3 is 25.6 Å². The van der Waals surface area contributed by atoms with Crippen molar-refractivity contribution in [1.82, 2.24) is 15.5 Å². The summed E-state index contributed by atoms with van der Waals surface area (Å²) in [6.45, 7) is 10.2. The molecule has 9 nitrogen and oxygen atoms in total. The second-order valence-electron chi connectivity index (χ2n) is 7.92. The molecule has 0 spiro atoms. The maximum absolute atomic E-state index is 12.5. The van der Waals surface area contributed by atoms with Gasteiger partial charge in [0.15, 0.2) is 0 Å². The average molecular weight is 418 g/mol. The van der Waals surface area contributed by atoms with E-state index in [-0.39, 0.29) is 17.6 Å². The highest BCUT2D eigenvalue weighted by molar-refractivity contribution is 5.82. The lowest BCUT2D eigenvalue weighted by molar-refractivity contribution is -0.135. The van der Waals surface area contributed by atoms with E-state index in [0.717, 1.165) is 52.7 Å². The smallest absolute Gasteiger partial charge is 0.300 e. The SMILES string of the molecule is CC(=O)O.CC(=O)O.COC(C)(C)CCNC(=O)[C@@H]1CCCN1C1CCNCC1. The van der Waals surface area contributed by atoms with Gasteiger partial charge in [0, 0.05) is 33.5 Å². The van der Waals surface area contributed by atoms with Gasteiger partial charge in [-0.2, -0.15) is 0 Å². The first-order chi connectivity index (χ1) is 13.5. The van der Waals surface area contributed by atoms with Gasteiger partial charge >= 0.3 is 0 Å². The van der Waals surface area contributed by atoms with Crippen LogP contribution in [0.4, 0.5) is 0 Å². The number of rotatable bonds is 6. The number of likely N-dealkylation sites (tertiary alicyclic amines) is 1. The zero-order valence-corrected chi connectivity index (χ0v) is 18.5. The van der Waals surface area contributed by atoms with Crippen LogP contribution in [0, 0.1) is 0 Å². The second-order valence-corrected chi connectivity index (χ2v) is 7.92. The molecule has 170 valence electrons. The van der Waals surface area contributed by atoms with Crippen molar-refractivity contribution in [2.24, 2.45) is 0 Å². The van der Waals surface area contributed by atoms with Crippen LogP contribution in [0.1, 0.15) is 59.8 Å². The zero-order valence-electron chi connectivity index (χ0n) is 18.5. The van der Waals surface area contributed by atoms with Gasteiger partial charge in [0.1, 0.15) is 0 Å². The minimum absolute atomic E-state index is 0.0822. The summed E-state index contributed by atoms with van der Waals surface area (Å²) in [6.07, 6.45) is 5.32. The molecule has 0 aromatic rings. The van der Waals surface area contributed by atoms with E-state index in [1.807, 2.05) is 0 Å². The molecule has 1 amide bonds. The number of hydrogen-bond acceptors (Lipinski definition) is 6. The van der Waals surface area contributed by atoms with Gasteiger partial charge in [-0.25, -0.2) is 0 Å². The van der Waals surface area contributed by atoms with Crippen molar-refractivity contribution in [2.75, 3.05) is 33.3 Å². The Kier molecular flexibility index (Phi) is 13.5.